The van der Waals surface area contributed by atoms with Gasteiger partial charge in [0.05, 0.1) is 22.9 Å². The van der Waals surface area contributed by atoms with E-state index in [0.717, 1.165) is 5.56 Å². The lowest BCUT2D eigenvalue weighted by atomic mass is 10.0. The first-order chi connectivity index (χ1) is 15.3. The number of aromatic nitrogens is 4. The van der Waals surface area contributed by atoms with Crippen molar-refractivity contribution >= 4 is 43.5 Å². The second kappa shape index (κ2) is 8.65. The molecule has 0 amide bonds. The minimum atomic E-state index is -0.462. The zero-order chi connectivity index (χ0) is 23.0. The van der Waals surface area contributed by atoms with Gasteiger partial charge in [-0.15, -0.1) is 0 Å². The van der Waals surface area contributed by atoms with Crippen molar-refractivity contribution in [1.82, 2.24) is 19.4 Å². The Morgan fingerprint density at radius 2 is 2.06 bits per heavy atom. The summed E-state index contributed by atoms with van der Waals surface area (Å²) in [4.78, 5) is 26.6. The van der Waals surface area contributed by atoms with E-state index in [9.17, 15) is 9.18 Å². The molecule has 3 heterocycles. The highest BCUT2D eigenvalue weighted by Crippen LogP contribution is 2.33. The van der Waals surface area contributed by atoms with Crippen LogP contribution in [-0.4, -0.2) is 19.4 Å². The molecular formula is C23H20FIN6O. The van der Waals surface area contributed by atoms with Gasteiger partial charge in [0.2, 0.25) is 0 Å². The van der Waals surface area contributed by atoms with Crippen LogP contribution in [0.2, 0.25) is 0 Å². The van der Waals surface area contributed by atoms with Gasteiger partial charge in [0, 0.05) is 9.78 Å². The fourth-order valence-corrected chi connectivity index (χ4v) is 4.07. The summed E-state index contributed by atoms with van der Waals surface area (Å²) in [6.07, 6.45) is 3.07. The van der Waals surface area contributed by atoms with E-state index < -0.39 is 11.9 Å². The lowest BCUT2D eigenvalue weighted by Gasteiger charge is -2.20. The number of halogens is 2. The third kappa shape index (κ3) is 4.07. The lowest BCUT2D eigenvalue weighted by Crippen LogP contribution is -2.23. The van der Waals surface area contributed by atoms with E-state index in [1.807, 2.05) is 19.9 Å². The molecule has 9 heteroatoms. The Morgan fingerprint density at radius 3 is 2.78 bits per heavy atom. The van der Waals surface area contributed by atoms with E-state index in [0.29, 0.717) is 43.2 Å². The summed E-state index contributed by atoms with van der Waals surface area (Å²) in [6, 6.07) is 9.13. The molecular weight excluding hydrogens is 522 g/mol. The molecule has 0 saturated heterocycles. The Bertz CT molecular complexity index is 1420. The third-order valence-corrected chi connectivity index (χ3v) is 5.56. The first kappa shape index (κ1) is 21.9. The molecule has 1 unspecified atom stereocenters. The minimum Gasteiger partial charge on any atom is -0.383 e. The maximum Gasteiger partial charge on any atom is 0.266 e. The van der Waals surface area contributed by atoms with Gasteiger partial charge in [-0.2, -0.15) is 0 Å². The highest BCUT2D eigenvalue weighted by Gasteiger charge is 2.22. The van der Waals surface area contributed by atoms with Crippen molar-refractivity contribution in [3.8, 4) is 11.1 Å². The number of fused-ring (bicyclic) bond motifs is 1. The zero-order valence-electron chi connectivity index (χ0n) is 17.4. The Morgan fingerprint density at radius 1 is 1.28 bits per heavy atom. The van der Waals surface area contributed by atoms with E-state index in [2.05, 4.69) is 44.5 Å². The van der Waals surface area contributed by atoms with Crippen molar-refractivity contribution in [3.05, 3.63) is 88.5 Å². The summed E-state index contributed by atoms with van der Waals surface area (Å²) < 4.78 is 16.2. The number of rotatable bonds is 5. The molecule has 0 saturated carbocycles. The number of hydrogen-bond acceptors (Lipinski definition) is 6. The van der Waals surface area contributed by atoms with Crippen LogP contribution in [-0.2, 0) is 0 Å². The monoisotopic (exact) mass is 542 g/mol. The van der Waals surface area contributed by atoms with Crippen LogP contribution in [0.3, 0.4) is 0 Å². The van der Waals surface area contributed by atoms with Crippen molar-refractivity contribution in [3.63, 3.8) is 0 Å². The van der Waals surface area contributed by atoms with Crippen LogP contribution in [0.15, 0.2) is 60.3 Å². The molecule has 0 fully saturated rings. The maximum absolute atomic E-state index is 14.0. The molecule has 3 N–H and O–H groups in total. The van der Waals surface area contributed by atoms with E-state index in [1.165, 1.54) is 22.9 Å². The van der Waals surface area contributed by atoms with E-state index >= 15 is 0 Å². The molecule has 0 aliphatic rings. The predicted octanol–water partition coefficient (Wildman–Crippen LogP) is 4.76. The maximum atomic E-state index is 14.0. The van der Waals surface area contributed by atoms with Gasteiger partial charge in [-0.25, -0.2) is 19.3 Å². The number of hydrogen-bond donors (Lipinski definition) is 2. The van der Waals surface area contributed by atoms with Gasteiger partial charge in [0.15, 0.2) is 0 Å². The fourth-order valence-electron chi connectivity index (χ4n) is 3.54. The van der Waals surface area contributed by atoms with E-state index in [4.69, 9.17) is 10.7 Å². The van der Waals surface area contributed by atoms with Crippen LogP contribution in [0, 0.1) is 12.7 Å². The van der Waals surface area contributed by atoms with E-state index in [-0.39, 0.29) is 5.56 Å². The highest BCUT2D eigenvalue weighted by atomic mass is 127. The molecule has 0 aliphatic heterocycles. The standard InChI is InChI=1S/C23H20FIN6O/c1-12-7-8-17-30-20(14(3)29-22-18(13(2)25)21(26)27-11-28-22)19(23(32)31(17)10-12)15-5-4-6-16(24)9-15/h4-11,14H,2H2,1,3H3,(H3,26,27,28,29). The summed E-state index contributed by atoms with van der Waals surface area (Å²) in [7, 11) is 0. The molecule has 1 aromatic carbocycles. The van der Waals surface area contributed by atoms with Gasteiger partial charge in [-0.05, 0) is 65.8 Å². The summed E-state index contributed by atoms with van der Waals surface area (Å²) in [5.41, 5.74) is 8.94. The number of nitrogens with two attached hydrogens (primary N) is 1. The van der Waals surface area contributed by atoms with Gasteiger partial charge < -0.3 is 11.1 Å². The Kier molecular flexibility index (Phi) is 5.92. The quantitative estimate of drug-likeness (QED) is 0.353. The summed E-state index contributed by atoms with van der Waals surface area (Å²) >= 11 is 2.06. The molecule has 3 aromatic heterocycles. The van der Waals surface area contributed by atoms with Crippen molar-refractivity contribution < 1.29 is 4.39 Å². The van der Waals surface area contributed by atoms with Gasteiger partial charge in [0.25, 0.3) is 5.56 Å². The molecule has 4 rings (SSSR count). The predicted molar refractivity (Wildman–Crippen MR) is 133 cm³/mol. The second-order valence-corrected chi connectivity index (χ2v) is 8.68. The number of benzene rings is 1. The Balaban J connectivity index is 1.93. The third-order valence-electron chi connectivity index (χ3n) is 5.02. The smallest absolute Gasteiger partial charge is 0.266 e. The fraction of sp³-hybridized carbons (Fsp3) is 0.130. The summed E-state index contributed by atoms with van der Waals surface area (Å²) in [5.74, 6) is 0.330. The summed E-state index contributed by atoms with van der Waals surface area (Å²) in [5, 5.41) is 3.28. The highest BCUT2D eigenvalue weighted by molar-refractivity contribution is 14.1. The average molecular weight is 542 g/mol. The number of nitrogens with zero attached hydrogens (tertiary/aromatic N) is 4. The summed E-state index contributed by atoms with van der Waals surface area (Å²) in [6.45, 7) is 7.69. The van der Waals surface area contributed by atoms with Crippen LogP contribution in [0.1, 0.15) is 29.8 Å². The minimum absolute atomic E-state index is 0.284. The normalized spacial score (nSPS) is 12.0. The number of nitrogens with one attached hydrogen (secondary N) is 1. The van der Waals surface area contributed by atoms with Crippen molar-refractivity contribution in [1.29, 1.82) is 0 Å². The lowest BCUT2D eigenvalue weighted by molar-refractivity contribution is 0.628. The first-order valence-electron chi connectivity index (χ1n) is 9.77. The van der Waals surface area contributed by atoms with Gasteiger partial charge in [0.1, 0.15) is 29.4 Å². The molecule has 0 aliphatic carbocycles. The number of anilines is 2. The second-order valence-electron chi connectivity index (χ2n) is 7.38. The number of pyridine rings is 1. The van der Waals surface area contributed by atoms with Gasteiger partial charge in [-0.3, -0.25) is 9.20 Å². The molecule has 1 atom stereocenters. The van der Waals surface area contributed by atoms with Crippen LogP contribution >= 0.6 is 22.6 Å². The van der Waals surface area contributed by atoms with Gasteiger partial charge in [-0.1, -0.05) is 24.8 Å². The van der Waals surface area contributed by atoms with Crippen LogP contribution in [0.4, 0.5) is 16.0 Å². The van der Waals surface area contributed by atoms with Gasteiger partial charge >= 0.3 is 0 Å². The Labute approximate surface area is 197 Å². The molecule has 32 heavy (non-hydrogen) atoms. The molecule has 7 nitrogen and oxygen atoms in total. The molecule has 162 valence electrons. The average Bonchev–Trinajstić information content (AvgIpc) is 2.73. The molecule has 4 aromatic rings. The van der Waals surface area contributed by atoms with E-state index in [1.54, 1.807) is 24.4 Å². The largest absolute Gasteiger partial charge is 0.383 e. The SMILES string of the molecule is C=C(I)c1c(N)ncnc1NC(C)c1nc2ccc(C)cn2c(=O)c1-c1cccc(F)c1. The first-order valence-corrected chi connectivity index (χ1v) is 10.8. The van der Waals surface area contributed by atoms with Crippen molar-refractivity contribution in [2.24, 2.45) is 0 Å². The number of nitrogen functional groups attached to an aromatic ring is 1. The zero-order valence-corrected chi connectivity index (χ0v) is 19.6. The molecule has 0 spiro atoms. The molecule has 0 radical (unpaired) electrons. The topological polar surface area (TPSA) is 98.2 Å². The van der Waals surface area contributed by atoms with Crippen molar-refractivity contribution in [2.45, 2.75) is 19.9 Å². The van der Waals surface area contributed by atoms with Crippen LogP contribution in [0.5, 0.6) is 0 Å². The van der Waals surface area contributed by atoms with Crippen LogP contribution < -0.4 is 16.6 Å². The number of aryl methyl sites for hydroxylation is 1. The van der Waals surface area contributed by atoms with Crippen molar-refractivity contribution in [2.75, 3.05) is 11.1 Å². The molecule has 0 bridgehead atoms. The Hall–Kier alpha value is -3.34. The van der Waals surface area contributed by atoms with Crippen LogP contribution in [0.25, 0.3) is 20.4 Å².